The molecule has 0 amide bonds. The maximum atomic E-state index is 13.3. The molecule has 4 nitrogen and oxygen atoms in total. The lowest BCUT2D eigenvalue weighted by Gasteiger charge is -2.32. The van der Waals surface area contributed by atoms with E-state index < -0.39 is 5.60 Å². The first-order valence-electron chi connectivity index (χ1n) is 9.83. The van der Waals surface area contributed by atoms with Crippen LogP contribution < -0.4 is 17.3 Å². The smallest absolute Gasteiger partial charge is 0.348 e. The molecule has 2 rings (SSSR count). The minimum absolute atomic E-state index is 0. The van der Waals surface area contributed by atoms with Crippen LogP contribution in [0.2, 0.25) is 0 Å². The van der Waals surface area contributed by atoms with Crippen LogP contribution in [0.15, 0.2) is 60.7 Å². The lowest BCUT2D eigenvalue weighted by atomic mass is 9.86. The number of nitrogens with one attached hydrogen (secondary N) is 1. The van der Waals surface area contributed by atoms with Crippen molar-refractivity contribution in [1.29, 1.82) is 0 Å². The second-order valence-corrected chi connectivity index (χ2v) is 6.90. The third kappa shape index (κ3) is 5.57. The lowest BCUT2D eigenvalue weighted by Crippen LogP contribution is -3.15. The fourth-order valence-corrected chi connectivity index (χ4v) is 3.44. The van der Waals surface area contributed by atoms with Gasteiger partial charge in [-0.25, -0.2) is 4.79 Å². The van der Waals surface area contributed by atoms with Crippen molar-refractivity contribution in [3.05, 3.63) is 71.8 Å². The molecular formula is C23H32ClNO3. The average molecular weight is 406 g/mol. The van der Waals surface area contributed by atoms with E-state index in [1.807, 2.05) is 67.6 Å². The molecule has 0 heterocycles. The van der Waals surface area contributed by atoms with Gasteiger partial charge in [-0.05, 0) is 38.8 Å². The van der Waals surface area contributed by atoms with Gasteiger partial charge < -0.3 is 26.8 Å². The van der Waals surface area contributed by atoms with Crippen LogP contribution in [0.4, 0.5) is 0 Å². The van der Waals surface area contributed by atoms with Gasteiger partial charge in [0.2, 0.25) is 5.60 Å². The van der Waals surface area contributed by atoms with E-state index in [0.29, 0.717) is 19.3 Å². The number of benzene rings is 2. The SMILES string of the molecule is CCOC(C(=O)OCC[NH+](CC)C(C)C)(c1ccccc1)c1ccccc1.[Cl-]. The number of ether oxygens (including phenoxy) is 2. The first-order chi connectivity index (χ1) is 13.1. The summed E-state index contributed by atoms with van der Waals surface area (Å²) >= 11 is 0. The third-order valence-corrected chi connectivity index (χ3v) is 4.94. The number of carbonyl (C=O) groups is 1. The van der Waals surface area contributed by atoms with Crippen molar-refractivity contribution in [3.63, 3.8) is 0 Å². The molecule has 0 bridgehead atoms. The summed E-state index contributed by atoms with van der Waals surface area (Å²) in [4.78, 5) is 14.7. The van der Waals surface area contributed by atoms with Crippen LogP contribution in [0, 0.1) is 0 Å². The largest absolute Gasteiger partial charge is 1.00 e. The van der Waals surface area contributed by atoms with Crippen molar-refractivity contribution in [2.45, 2.75) is 39.3 Å². The number of esters is 1. The fraction of sp³-hybridized carbons (Fsp3) is 0.435. The van der Waals surface area contributed by atoms with Crippen LogP contribution in [-0.2, 0) is 19.9 Å². The van der Waals surface area contributed by atoms with Gasteiger partial charge in [0.15, 0.2) is 0 Å². The summed E-state index contributed by atoms with van der Waals surface area (Å²) < 4.78 is 11.9. The summed E-state index contributed by atoms with van der Waals surface area (Å²) in [7, 11) is 0. The van der Waals surface area contributed by atoms with Crippen LogP contribution >= 0.6 is 0 Å². The van der Waals surface area contributed by atoms with Gasteiger partial charge >= 0.3 is 5.97 Å². The lowest BCUT2D eigenvalue weighted by molar-refractivity contribution is -0.919. The van der Waals surface area contributed by atoms with Crippen LogP contribution in [-0.4, -0.2) is 38.3 Å². The molecule has 0 fully saturated rings. The average Bonchev–Trinajstić information content (AvgIpc) is 2.70. The van der Waals surface area contributed by atoms with E-state index in [0.717, 1.165) is 24.2 Å². The second kappa shape index (κ2) is 11.8. The molecule has 1 atom stereocenters. The molecule has 2 aromatic carbocycles. The van der Waals surface area contributed by atoms with Crippen molar-refractivity contribution in [2.75, 3.05) is 26.3 Å². The maximum Gasteiger partial charge on any atom is 0.348 e. The molecule has 2 aromatic rings. The van der Waals surface area contributed by atoms with E-state index in [4.69, 9.17) is 9.47 Å². The molecule has 1 N–H and O–H groups in total. The van der Waals surface area contributed by atoms with Gasteiger partial charge in [-0.1, -0.05) is 60.7 Å². The summed E-state index contributed by atoms with van der Waals surface area (Å²) in [5.74, 6) is -0.360. The van der Waals surface area contributed by atoms with Crippen molar-refractivity contribution >= 4 is 5.97 Å². The zero-order valence-corrected chi connectivity index (χ0v) is 18.0. The molecular weight excluding hydrogens is 374 g/mol. The summed E-state index contributed by atoms with van der Waals surface area (Å²) in [6.45, 7) is 11.0. The molecule has 0 aliphatic rings. The van der Waals surface area contributed by atoms with Gasteiger partial charge in [-0.2, -0.15) is 0 Å². The zero-order valence-electron chi connectivity index (χ0n) is 17.3. The number of rotatable bonds is 10. The van der Waals surface area contributed by atoms with E-state index >= 15 is 0 Å². The fourth-order valence-electron chi connectivity index (χ4n) is 3.44. The Morgan fingerprint density at radius 1 is 0.964 bits per heavy atom. The van der Waals surface area contributed by atoms with Gasteiger partial charge in [-0.15, -0.1) is 0 Å². The highest BCUT2D eigenvalue weighted by Gasteiger charge is 2.44. The van der Waals surface area contributed by atoms with Gasteiger partial charge in [0.05, 0.1) is 12.6 Å². The first-order valence-corrected chi connectivity index (χ1v) is 9.83. The first kappa shape index (κ1) is 24.2. The van der Waals surface area contributed by atoms with E-state index in [1.54, 1.807) is 0 Å². The second-order valence-electron chi connectivity index (χ2n) is 6.90. The molecule has 5 heteroatoms. The van der Waals surface area contributed by atoms with E-state index in [1.165, 1.54) is 4.90 Å². The zero-order chi connectivity index (χ0) is 19.7. The number of carbonyl (C=O) groups excluding carboxylic acids is 1. The van der Waals surface area contributed by atoms with Crippen molar-refractivity contribution < 1.29 is 31.6 Å². The Kier molecular flexibility index (Phi) is 10.2. The highest BCUT2D eigenvalue weighted by Crippen LogP contribution is 2.35. The van der Waals surface area contributed by atoms with Crippen LogP contribution in [0.1, 0.15) is 38.8 Å². The minimum atomic E-state index is -1.25. The Hall–Kier alpha value is -1.88. The quantitative estimate of drug-likeness (QED) is 0.558. The third-order valence-electron chi connectivity index (χ3n) is 4.94. The van der Waals surface area contributed by atoms with E-state index in [9.17, 15) is 4.79 Å². The minimum Gasteiger partial charge on any atom is -1.00 e. The molecule has 0 aliphatic carbocycles. The molecule has 28 heavy (non-hydrogen) atoms. The maximum absolute atomic E-state index is 13.3. The number of quaternary nitrogens is 1. The topological polar surface area (TPSA) is 40.0 Å². The van der Waals surface area contributed by atoms with Crippen LogP contribution in [0.25, 0.3) is 0 Å². The number of hydrogen-bond donors (Lipinski definition) is 1. The molecule has 0 saturated heterocycles. The summed E-state index contributed by atoms with van der Waals surface area (Å²) in [6, 6.07) is 19.7. The van der Waals surface area contributed by atoms with Gasteiger partial charge in [-0.3, -0.25) is 0 Å². The van der Waals surface area contributed by atoms with Gasteiger partial charge in [0.1, 0.15) is 13.2 Å². The Morgan fingerprint density at radius 2 is 1.46 bits per heavy atom. The summed E-state index contributed by atoms with van der Waals surface area (Å²) in [5, 5.41) is 0. The molecule has 1 unspecified atom stereocenters. The summed E-state index contributed by atoms with van der Waals surface area (Å²) in [5.41, 5.74) is 0.319. The molecule has 0 saturated carbocycles. The predicted molar refractivity (Wildman–Crippen MR) is 108 cm³/mol. The molecule has 0 aliphatic heterocycles. The molecule has 0 spiro atoms. The van der Waals surface area contributed by atoms with Crippen molar-refractivity contribution in [1.82, 2.24) is 0 Å². The molecule has 0 aromatic heterocycles. The Labute approximate surface area is 175 Å². The molecule has 0 radical (unpaired) electrons. The predicted octanol–water partition coefficient (Wildman–Crippen LogP) is -0.173. The van der Waals surface area contributed by atoms with Gasteiger partial charge in [0, 0.05) is 6.61 Å². The number of halogens is 1. The van der Waals surface area contributed by atoms with Crippen molar-refractivity contribution in [2.24, 2.45) is 0 Å². The summed E-state index contributed by atoms with van der Waals surface area (Å²) in [6.07, 6.45) is 0. The van der Waals surface area contributed by atoms with Gasteiger partial charge in [0.25, 0.3) is 0 Å². The Bertz CT molecular complexity index is 652. The Morgan fingerprint density at radius 3 is 1.86 bits per heavy atom. The van der Waals surface area contributed by atoms with Crippen molar-refractivity contribution in [3.8, 4) is 0 Å². The Balaban J connectivity index is 0.00000392. The van der Waals surface area contributed by atoms with Crippen LogP contribution in [0.3, 0.4) is 0 Å². The highest BCUT2D eigenvalue weighted by molar-refractivity contribution is 5.85. The standard InChI is InChI=1S/C23H31NO3.ClH/c1-5-24(19(3)4)17-18-26-22(25)23(27-6-2,20-13-9-7-10-14-20)21-15-11-8-12-16-21;/h7-16,19H,5-6,17-18H2,1-4H3;1H. The molecule has 154 valence electrons. The van der Waals surface area contributed by atoms with E-state index in [-0.39, 0.29) is 18.4 Å². The number of likely N-dealkylation sites (N-methyl/N-ethyl adjacent to an activating group) is 1. The van der Waals surface area contributed by atoms with E-state index in [2.05, 4.69) is 20.8 Å². The number of hydrogen-bond acceptors (Lipinski definition) is 3. The monoisotopic (exact) mass is 405 g/mol. The normalized spacial score (nSPS) is 12.3. The highest BCUT2D eigenvalue weighted by atomic mass is 35.5. The van der Waals surface area contributed by atoms with Crippen LogP contribution in [0.5, 0.6) is 0 Å².